The SMILES string of the molecule is O=C1/C(=C/c2ccc(Br)c([N+](=O)[O-])c2)SC(=S)N1c1ccc2c(c1)OCO2. The summed E-state index contributed by atoms with van der Waals surface area (Å²) in [6.07, 6.45) is 1.59. The molecule has 2 aliphatic heterocycles. The lowest BCUT2D eigenvalue weighted by Gasteiger charge is -2.14. The normalized spacial score (nSPS) is 17.1. The predicted molar refractivity (Wildman–Crippen MR) is 109 cm³/mol. The highest BCUT2D eigenvalue weighted by molar-refractivity contribution is 9.10. The fraction of sp³-hybridized carbons (Fsp3) is 0.0588. The fourth-order valence-electron chi connectivity index (χ4n) is 2.63. The number of carbonyl (C=O) groups is 1. The van der Waals surface area contributed by atoms with Crippen LogP contribution in [-0.2, 0) is 4.79 Å². The van der Waals surface area contributed by atoms with Crippen LogP contribution in [0, 0.1) is 10.1 Å². The van der Waals surface area contributed by atoms with Crippen molar-refractivity contribution in [3.05, 3.63) is 61.5 Å². The molecule has 1 amide bonds. The third-order valence-corrected chi connectivity index (χ3v) is 5.85. The average molecular weight is 465 g/mol. The van der Waals surface area contributed by atoms with Crippen molar-refractivity contribution >= 4 is 67.6 Å². The smallest absolute Gasteiger partial charge is 0.284 e. The van der Waals surface area contributed by atoms with E-state index >= 15 is 0 Å². The Labute approximate surface area is 171 Å². The molecule has 0 saturated carbocycles. The number of halogens is 1. The zero-order valence-corrected chi connectivity index (χ0v) is 16.6. The monoisotopic (exact) mass is 464 g/mol. The first-order valence-electron chi connectivity index (χ1n) is 7.55. The lowest BCUT2D eigenvalue weighted by atomic mass is 10.2. The number of nitrogens with zero attached hydrogens (tertiary/aromatic N) is 2. The Morgan fingerprint density at radius 1 is 1.22 bits per heavy atom. The van der Waals surface area contributed by atoms with E-state index in [1.807, 2.05) is 0 Å². The highest BCUT2D eigenvalue weighted by atomic mass is 79.9. The van der Waals surface area contributed by atoms with Gasteiger partial charge in [0.2, 0.25) is 6.79 Å². The van der Waals surface area contributed by atoms with Gasteiger partial charge in [0.1, 0.15) is 0 Å². The maximum atomic E-state index is 12.8. The van der Waals surface area contributed by atoms with Crippen LogP contribution in [0.15, 0.2) is 45.8 Å². The topological polar surface area (TPSA) is 81.9 Å². The summed E-state index contributed by atoms with van der Waals surface area (Å²) in [7, 11) is 0. The van der Waals surface area contributed by atoms with Crippen LogP contribution in [0.25, 0.3) is 6.08 Å². The van der Waals surface area contributed by atoms with Gasteiger partial charge in [-0.25, -0.2) is 0 Å². The number of carbonyl (C=O) groups excluding carboxylic acids is 1. The second-order valence-electron chi connectivity index (χ2n) is 5.52. The Hall–Kier alpha value is -2.43. The summed E-state index contributed by atoms with van der Waals surface area (Å²) >= 11 is 9.63. The number of nitro groups is 1. The first-order valence-corrected chi connectivity index (χ1v) is 9.57. The van der Waals surface area contributed by atoms with E-state index in [1.54, 1.807) is 36.4 Å². The van der Waals surface area contributed by atoms with Gasteiger partial charge in [-0.3, -0.25) is 19.8 Å². The number of fused-ring (bicyclic) bond motifs is 1. The van der Waals surface area contributed by atoms with Crippen molar-refractivity contribution in [1.82, 2.24) is 0 Å². The van der Waals surface area contributed by atoms with Gasteiger partial charge in [0.15, 0.2) is 15.8 Å². The first kappa shape index (κ1) is 18.0. The Balaban J connectivity index is 1.66. The molecule has 0 radical (unpaired) electrons. The van der Waals surface area contributed by atoms with E-state index in [1.165, 1.54) is 11.0 Å². The molecule has 0 aliphatic carbocycles. The van der Waals surface area contributed by atoms with Crippen molar-refractivity contribution in [3.8, 4) is 11.5 Å². The van der Waals surface area contributed by atoms with Crippen molar-refractivity contribution in [2.75, 3.05) is 11.7 Å². The number of hydrogen-bond acceptors (Lipinski definition) is 7. The molecule has 2 aliphatic rings. The van der Waals surface area contributed by atoms with Crippen molar-refractivity contribution < 1.29 is 19.2 Å². The standard InChI is InChI=1S/C17H9BrN2O5S2/c18-11-3-1-9(5-12(11)20(22)23)6-15-16(21)19(17(26)27-15)10-2-4-13-14(7-10)25-8-24-13/h1-7H,8H2/b15-6-. The maximum Gasteiger partial charge on any atom is 0.284 e. The van der Waals surface area contributed by atoms with Gasteiger partial charge in [0, 0.05) is 12.1 Å². The summed E-state index contributed by atoms with van der Waals surface area (Å²) in [6, 6.07) is 9.80. The van der Waals surface area contributed by atoms with Crippen LogP contribution < -0.4 is 14.4 Å². The number of rotatable bonds is 3. The summed E-state index contributed by atoms with van der Waals surface area (Å²) in [4.78, 5) is 25.2. The van der Waals surface area contributed by atoms with Crippen LogP contribution in [0.2, 0.25) is 0 Å². The Morgan fingerprint density at radius 2 is 2.00 bits per heavy atom. The van der Waals surface area contributed by atoms with Gasteiger partial charge in [-0.1, -0.05) is 30.0 Å². The van der Waals surface area contributed by atoms with Gasteiger partial charge < -0.3 is 9.47 Å². The summed E-state index contributed by atoms with van der Waals surface area (Å²) in [5.41, 5.74) is 1.04. The molecule has 0 spiro atoms. The summed E-state index contributed by atoms with van der Waals surface area (Å²) < 4.78 is 11.4. The molecule has 1 fully saturated rings. The second kappa shape index (κ2) is 6.95. The number of amides is 1. The quantitative estimate of drug-likeness (QED) is 0.286. The second-order valence-corrected chi connectivity index (χ2v) is 8.05. The van der Waals surface area contributed by atoms with Crippen LogP contribution >= 0.6 is 39.9 Å². The molecule has 2 heterocycles. The third-order valence-electron chi connectivity index (χ3n) is 3.87. The highest BCUT2D eigenvalue weighted by Crippen LogP contribution is 2.41. The van der Waals surface area contributed by atoms with Crippen LogP contribution in [0.3, 0.4) is 0 Å². The molecule has 0 unspecified atom stereocenters. The number of nitro benzene ring substituents is 1. The number of ether oxygens (including phenoxy) is 2. The third kappa shape index (κ3) is 3.31. The Kier molecular flexibility index (Phi) is 4.62. The fourth-order valence-corrected chi connectivity index (χ4v) is 4.32. The first-order chi connectivity index (χ1) is 12.9. The minimum absolute atomic E-state index is 0.0741. The molecule has 7 nitrogen and oxygen atoms in total. The van der Waals surface area contributed by atoms with E-state index in [2.05, 4.69) is 15.9 Å². The molecule has 2 aromatic carbocycles. The minimum atomic E-state index is -0.487. The molecule has 27 heavy (non-hydrogen) atoms. The van der Waals surface area contributed by atoms with E-state index < -0.39 is 4.92 Å². The van der Waals surface area contributed by atoms with E-state index in [4.69, 9.17) is 21.7 Å². The lowest BCUT2D eigenvalue weighted by Crippen LogP contribution is -2.27. The molecule has 10 heteroatoms. The molecular formula is C17H9BrN2O5S2. The van der Waals surface area contributed by atoms with Crippen molar-refractivity contribution in [2.24, 2.45) is 0 Å². The summed E-state index contributed by atoms with van der Waals surface area (Å²) in [5, 5.41) is 11.1. The number of anilines is 1. The Morgan fingerprint density at radius 3 is 2.78 bits per heavy atom. The van der Waals surface area contributed by atoms with E-state index in [0.717, 1.165) is 11.8 Å². The van der Waals surface area contributed by atoms with Gasteiger partial charge in [0.05, 0.1) is 20.0 Å². The predicted octanol–water partition coefficient (Wildman–Crippen LogP) is 4.49. The molecular weight excluding hydrogens is 456 g/mol. The summed E-state index contributed by atoms with van der Waals surface area (Å²) in [5.74, 6) is 0.866. The number of thiocarbonyl (C=S) groups is 1. The number of thioether (sulfide) groups is 1. The zero-order valence-electron chi connectivity index (χ0n) is 13.4. The highest BCUT2D eigenvalue weighted by Gasteiger charge is 2.34. The molecule has 136 valence electrons. The van der Waals surface area contributed by atoms with Gasteiger partial charge in [-0.05, 0) is 45.8 Å². The van der Waals surface area contributed by atoms with Crippen LogP contribution in [-0.4, -0.2) is 21.9 Å². The van der Waals surface area contributed by atoms with Crippen LogP contribution in [0.1, 0.15) is 5.56 Å². The Bertz CT molecular complexity index is 1040. The molecule has 4 rings (SSSR count). The van der Waals surface area contributed by atoms with Gasteiger partial charge >= 0.3 is 0 Å². The summed E-state index contributed by atoms with van der Waals surface area (Å²) in [6.45, 7) is 0.138. The molecule has 0 atom stereocenters. The van der Waals surface area contributed by atoms with Crippen molar-refractivity contribution in [3.63, 3.8) is 0 Å². The molecule has 2 aromatic rings. The molecule has 0 N–H and O–H groups in total. The van der Waals surface area contributed by atoms with Crippen LogP contribution in [0.4, 0.5) is 11.4 Å². The van der Waals surface area contributed by atoms with Crippen molar-refractivity contribution in [1.29, 1.82) is 0 Å². The number of benzene rings is 2. The largest absolute Gasteiger partial charge is 0.454 e. The van der Waals surface area contributed by atoms with E-state index in [-0.39, 0.29) is 18.4 Å². The minimum Gasteiger partial charge on any atom is -0.454 e. The molecule has 1 saturated heterocycles. The van der Waals surface area contributed by atoms with Crippen LogP contribution in [0.5, 0.6) is 11.5 Å². The van der Waals surface area contributed by atoms with Gasteiger partial charge in [-0.15, -0.1) is 0 Å². The zero-order chi connectivity index (χ0) is 19.1. The number of hydrogen-bond donors (Lipinski definition) is 0. The lowest BCUT2D eigenvalue weighted by molar-refractivity contribution is -0.385. The van der Waals surface area contributed by atoms with E-state index in [9.17, 15) is 14.9 Å². The average Bonchev–Trinajstić information content (AvgIpc) is 3.20. The van der Waals surface area contributed by atoms with Crippen molar-refractivity contribution in [2.45, 2.75) is 0 Å². The molecule has 0 aromatic heterocycles. The van der Waals surface area contributed by atoms with Gasteiger partial charge in [0.25, 0.3) is 11.6 Å². The molecule has 0 bridgehead atoms. The maximum absolute atomic E-state index is 12.8. The van der Waals surface area contributed by atoms with E-state index in [0.29, 0.717) is 36.4 Å². The van der Waals surface area contributed by atoms with Gasteiger partial charge in [-0.2, -0.15) is 0 Å².